The molecular weight excluding hydrogens is 300 g/mol. The summed E-state index contributed by atoms with van der Waals surface area (Å²) in [6, 6.07) is 13.7. The molecule has 5 nitrogen and oxygen atoms in total. The zero-order valence-corrected chi connectivity index (χ0v) is 13.2. The zero-order valence-electron chi connectivity index (χ0n) is 13.2. The molecule has 0 atom stereocenters. The first kappa shape index (κ1) is 14.7. The maximum absolute atomic E-state index is 12.9. The van der Waals surface area contributed by atoms with Crippen LogP contribution < -0.4 is 11.3 Å². The van der Waals surface area contributed by atoms with Crippen molar-refractivity contribution in [3.8, 4) is 0 Å². The third-order valence-corrected chi connectivity index (χ3v) is 4.33. The molecule has 0 spiro atoms. The summed E-state index contributed by atoms with van der Waals surface area (Å²) in [7, 11) is 0. The maximum atomic E-state index is 12.9. The first-order valence-electron chi connectivity index (χ1n) is 8.00. The van der Waals surface area contributed by atoms with Gasteiger partial charge in [0, 0.05) is 17.1 Å². The minimum absolute atomic E-state index is 0.0225. The lowest BCUT2D eigenvalue weighted by atomic mass is 10.1. The fourth-order valence-electron chi connectivity index (χ4n) is 3.16. The van der Waals surface area contributed by atoms with Gasteiger partial charge in [0.2, 0.25) is 0 Å². The molecule has 0 bridgehead atoms. The van der Waals surface area contributed by atoms with E-state index in [0.29, 0.717) is 18.5 Å². The molecule has 0 aliphatic rings. The van der Waals surface area contributed by atoms with Crippen molar-refractivity contribution < 1.29 is 0 Å². The van der Waals surface area contributed by atoms with Crippen molar-refractivity contribution in [3.63, 3.8) is 0 Å². The number of hydrogen-bond donors (Lipinski definition) is 2. The van der Waals surface area contributed by atoms with Gasteiger partial charge < -0.3 is 10.7 Å². The van der Waals surface area contributed by atoms with Crippen LogP contribution in [0, 0.1) is 0 Å². The number of rotatable bonds is 4. The van der Waals surface area contributed by atoms with Crippen LogP contribution in [-0.2, 0) is 13.0 Å². The molecule has 0 unspecified atom stereocenters. The Hall–Kier alpha value is -2.92. The molecule has 0 fully saturated rings. The van der Waals surface area contributed by atoms with Gasteiger partial charge in [0.15, 0.2) is 0 Å². The second-order valence-electron chi connectivity index (χ2n) is 5.90. The smallest absolute Gasteiger partial charge is 0.261 e. The lowest BCUT2D eigenvalue weighted by Crippen LogP contribution is -2.21. The van der Waals surface area contributed by atoms with Crippen LogP contribution in [0.4, 0.5) is 0 Å². The SMILES string of the molecule is NCCc1c[nH]c2ccc3c(=O)n(Cc4ccccc4)cnc3c12. The second kappa shape index (κ2) is 5.94. The van der Waals surface area contributed by atoms with E-state index in [1.54, 1.807) is 10.9 Å². The van der Waals surface area contributed by atoms with E-state index in [-0.39, 0.29) is 5.56 Å². The highest BCUT2D eigenvalue weighted by molar-refractivity contribution is 6.05. The van der Waals surface area contributed by atoms with Gasteiger partial charge in [0.25, 0.3) is 5.56 Å². The fourth-order valence-corrected chi connectivity index (χ4v) is 3.16. The molecule has 0 saturated heterocycles. The van der Waals surface area contributed by atoms with Gasteiger partial charge in [0.1, 0.15) is 0 Å². The number of H-pyrrole nitrogens is 1. The highest BCUT2D eigenvalue weighted by atomic mass is 16.1. The van der Waals surface area contributed by atoms with Gasteiger partial charge in [-0.05, 0) is 36.2 Å². The van der Waals surface area contributed by atoms with E-state index in [9.17, 15) is 4.79 Å². The highest BCUT2D eigenvalue weighted by Gasteiger charge is 2.12. The summed E-state index contributed by atoms with van der Waals surface area (Å²) in [4.78, 5) is 20.7. The van der Waals surface area contributed by atoms with Crippen LogP contribution in [0.15, 0.2) is 59.8 Å². The number of hydrogen-bond acceptors (Lipinski definition) is 3. The molecule has 5 heteroatoms. The van der Waals surface area contributed by atoms with Crippen LogP contribution in [0.1, 0.15) is 11.1 Å². The first-order chi connectivity index (χ1) is 11.8. The lowest BCUT2D eigenvalue weighted by molar-refractivity contribution is 0.749. The number of nitrogens with one attached hydrogen (secondary N) is 1. The summed E-state index contributed by atoms with van der Waals surface area (Å²) < 4.78 is 1.65. The van der Waals surface area contributed by atoms with Crippen molar-refractivity contribution in [2.75, 3.05) is 6.54 Å². The maximum Gasteiger partial charge on any atom is 0.261 e. The second-order valence-corrected chi connectivity index (χ2v) is 5.90. The van der Waals surface area contributed by atoms with Gasteiger partial charge in [-0.1, -0.05) is 30.3 Å². The molecule has 3 N–H and O–H groups in total. The van der Waals surface area contributed by atoms with E-state index in [0.717, 1.165) is 34.0 Å². The topological polar surface area (TPSA) is 76.7 Å². The summed E-state index contributed by atoms with van der Waals surface area (Å²) in [5.74, 6) is 0. The normalized spacial score (nSPS) is 11.4. The summed E-state index contributed by atoms with van der Waals surface area (Å²) in [6.07, 6.45) is 4.35. The summed E-state index contributed by atoms with van der Waals surface area (Å²) in [5, 5.41) is 1.64. The molecule has 4 rings (SSSR count). The van der Waals surface area contributed by atoms with Crippen LogP contribution in [0.3, 0.4) is 0 Å². The average molecular weight is 318 g/mol. The minimum atomic E-state index is -0.0225. The quantitative estimate of drug-likeness (QED) is 0.607. The summed E-state index contributed by atoms with van der Waals surface area (Å²) in [5.41, 5.74) is 9.58. The van der Waals surface area contributed by atoms with Crippen LogP contribution in [0.5, 0.6) is 0 Å². The molecular formula is C19H18N4O. The molecule has 120 valence electrons. The Morgan fingerprint density at radius 2 is 1.96 bits per heavy atom. The van der Waals surface area contributed by atoms with Gasteiger partial charge in [-0.2, -0.15) is 0 Å². The van der Waals surface area contributed by atoms with E-state index in [1.165, 1.54) is 0 Å². The summed E-state index contributed by atoms with van der Waals surface area (Å²) >= 11 is 0. The molecule has 0 saturated carbocycles. The van der Waals surface area contributed by atoms with Crippen molar-refractivity contribution >= 4 is 21.8 Å². The standard InChI is InChI=1S/C19H18N4O/c20-9-8-14-10-21-16-7-6-15-18(17(14)16)22-12-23(19(15)24)11-13-4-2-1-3-5-13/h1-7,10,12,21H,8-9,11,20H2. The number of aromatic amines is 1. The monoisotopic (exact) mass is 318 g/mol. The van der Waals surface area contributed by atoms with Gasteiger partial charge >= 0.3 is 0 Å². The van der Waals surface area contributed by atoms with E-state index in [2.05, 4.69) is 9.97 Å². The zero-order chi connectivity index (χ0) is 16.5. The molecule has 2 aromatic heterocycles. The third-order valence-electron chi connectivity index (χ3n) is 4.33. The Balaban J connectivity index is 1.89. The number of aromatic nitrogens is 3. The Kier molecular flexibility index (Phi) is 3.63. The predicted molar refractivity (Wildman–Crippen MR) is 96.2 cm³/mol. The van der Waals surface area contributed by atoms with Crippen LogP contribution in [0.25, 0.3) is 21.8 Å². The van der Waals surface area contributed by atoms with E-state index < -0.39 is 0 Å². The Bertz CT molecular complexity index is 1060. The van der Waals surface area contributed by atoms with Crippen LogP contribution in [0.2, 0.25) is 0 Å². The van der Waals surface area contributed by atoms with Gasteiger partial charge in [0.05, 0.1) is 23.8 Å². The van der Waals surface area contributed by atoms with E-state index in [4.69, 9.17) is 5.73 Å². The fraction of sp³-hybridized carbons (Fsp3) is 0.158. The molecule has 2 aromatic carbocycles. The first-order valence-corrected chi connectivity index (χ1v) is 8.00. The number of fused-ring (bicyclic) bond motifs is 3. The highest BCUT2D eigenvalue weighted by Crippen LogP contribution is 2.25. The predicted octanol–water partition coefficient (Wildman–Crippen LogP) is 2.43. The van der Waals surface area contributed by atoms with Crippen LogP contribution >= 0.6 is 0 Å². The average Bonchev–Trinajstić information content (AvgIpc) is 3.02. The molecule has 24 heavy (non-hydrogen) atoms. The largest absolute Gasteiger partial charge is 0.361 e. The van der Waals surface area contributed by atoms with Crippen molar-refractivity contribution in [2.45, 2.75) is 13.0 Å². The van der Waals surface area contributed by atoms with Crippen molar-refractivity contribution in [1.82, 2.24) is 14.5 Å². The lowest BCUT2D eigenvalue weighted by Gasteiger charge is -2.08. The van der Waals surface area contributed by atoms with Gasteiger partial charge in [-0.15, -0.1) is 0 Å². The Labute approximate surface area is 138 Å². The van der Waals surface area contributed by atoms with Gasteiger partial charge in [-0.3, -0.25) is 9.36 Å². The number of nitrogens with two attached hydrogens (primary N) is 1. The summed E-state index contributed by atoms with van der Waals surface area (Å²) in [6.45, 7) is 1.08. The van der Waals surface area contributed by atoms with Crippen molar-refractivity contribution in [2.24, 2.45) is 5.73 Å². The molecule has 0 aliphatic carbocycles. The molecule has 0 amide bonds. The van der Waals surface area contributed by atoms with Gasteiger partial charge in [-0.25, -0.2) is 4.98 Å². The molecule has 4 aromatic rings. The minimum Gasteiger partial charge on any atom is -0.361 e. The number of nitrogens with zero attached hydrogens (tertiary/aromatic N) is 2. The van der Waals surface area contributed by atoms with Crippen LogP contribution in [-0.4, -0.2) is 21.1 Å². The third kappa shape index (κ3) is 2.39. The molecule has 0 aliphatic heterocycles. The van der Waals surface area contributed by atoms with E-state index >= 15 is 0 Å². The Morgan fingerprint density at radius 1 is 1.12 bits per heavy atom. The molecule has 2 heterocycles. The number of benzene rings is 2. The van der Waals surface area contributed by atoms with Crippen molar-refractivity contribution in [3.05, 3.63) is 76.5 Å². The van der Waals surface area contributed by atoms with Crippen molar-refractivity contribution in [1.29, 1.82) is 0 Å². The van der Waals surface area contributed by atoms with E-state index in [1.807, 2.05) is 48.7 Å². The Morgan fingerprint density at radius 3 is 2.75 bits per heavy atom. The molecule has 0 radical (unpaired) electrons.